The Morgan fingerprint density at radius 2 is 1.53 bits per heavy atom. The number of hydrogen-bond donors (Lipinski definition) is 7. The van der Waals surface area contributed by atoms with E-state index in [1.165, 1.54) is 24.9 Å². The van der Waals surface area contributed by atoms with Crippen LogP contribution in [0, 0.1) is 11.3 Å². The number of thioether (sulfide) groups is 1. The fraction of sp³-hybridized carbons (Fsp3) is 0.618. The van der Waals surface area contributed by atoms with E-state index in [2.05, 4.69) is 33.1 Å². The number of aromatic hydroxyl groups is 2. The average molecular weight is 1120 g/mol. The van der Waals surface area contributed by atoms with E-state index >= 15 is 0 Å². The van der Waals surface area contributed by atoms with Crippen molar-refractivity contribution in [3.8, 4) is 17.2 Å². The van der Waals surface area contributed by atoms with Crippen molar-refractivity contribution in [3.63, 3.8) is 0 Å². The minimum atomic E-state index is -0.635. The first kappa shape index (κ1) is 59.0. The molecule has 24 heteroatoms. The number of methoxy groups -OCH3 is 2. The molecule has 7 amide bonds. The van der Waals surface area contributed by atoms with Crippen molar-refractivity contribution in [1.29, 1.82) is 0 Å². The molecular formula is C55H73N7O16S. The van der Waals surface area contributed by atoms with Gasteiger partial charge in [0.15, 0.2) is 12.1 Å². The van der Waals surface area contributed by atoms with Crippen molar-refractivity contribution in [1.82, 2.24) is 36.0 Å². The van der Waals surface area contributed by atoms with Gasteiger partial charge in [0.2, 0.25) is 47.1 Å². The molecule has 7 aliphatic rings. The summed E-state index contributed by atoms with van der Waals surface area (Å²) in [6.45, 7) is 6.71. The highest BCUT2D eigenvalue weighted by Crippen LogP contribution is 2.50. The Morgan fingerprint density at radius 3 is 2.24 bits per heavy atom. The molecule has 9 rings (SSSR count). The Labute approximate surface area is 462 Å². The van der Waals surface area contributed by atoms with Crippen LogP contribution < -0.4 is 26.0 Å². The number of nitrogens with zero attached hydrogens (tertiary/aromatic N) is 3. The lowest BCUT2D eigenvalue weighted by molar-refractivity contribution is -0.190. The number of amides is 7. The first-order valence-corrected chi connectivity index (χ1v) is 28.3. The first-order valence-electron chi connectivity index (χ1n) is 27.3. The van der Waals surface area contributed by atoms with Gasteiger partial charge >= 0.3 is 0 Å². The molecule has 0 radical (unpaired) electrons. The minimum absolute atomic E-state index is 0.0249. The van der Waals surface area contributed by atoms with Gasteiger partial charge in [0, 0.05) is 99.4 Å². The van der Waals surface area contributed by atoms with E-state index in [0.717, 1.165) is 56.0 Å². The second-order valence-electron chi connectivity index (χ2n) is 21.4. The second kappa shape index (κ2) is 25.9. The normalized spacial score (nSPS) is 24.2. The number of nitrogens with one attached hydrogen (secondary N) is 4. The highest BCUT2D eigenvalue weighted by atomic mass is 32.2. The van der Waals surface area contributed by atoms with Crippen molar-refractivity contribution < 1.29 is 77.4 Å². The largest absolute Gasteiger partial charge is 0.507 e. The molecule has 0 aromatic heterocycles. The number of phenols is 2. The van der Waals surface area contributed by atoms with Gasteiger partial charge in [-0.2, -0.15) is 0 Å². The Hall–Kier alpha value is -6.18. The molecule has 1 spiro atoms. The minimum Gasteiger partial charge on any atom is -0.507 e. The molecule has 4 saturated heterocycles. The number of likely N-dealkylation sites (tertiary alicyclic amines) is 2. The van der Waals surface area contributed by atoms with E-state index in [1.54, 1.807) is 24.1 Å². The van der Waals surface area contributed by atoms with Gasteiger partial charge in [-0.25, -0.2) is 0 Å². The van der Waals surface area contributed by atoms with Gasteiger partial charge in [-0.05, 0) is 63.7 Å². The number of aliphatic hydroxyl groups is 1. The smallest absolute Gasteiger partial charge is 0.242 e. The van der Waals surface area contributed by atoms with Gasteiger partial charge in [-0.3, -0.25) is 53.0 Å². The van der Waals surface area contributed by atoms with Gasteiger partial charge in [-0.15, -0.1) is 11.8 Å². The van der Waals surface area contributed by atoms with E-state index in [4.69, 9.17) is 18.9 Å². The van der Waals surface area contributed by atoms with Crippen LogP contribution in [0.2, 0.25) is 0 Å². The summed E-state index contributed by atoms with van der Waals surface area (Å²) in [5, 5.41) is 42.6. The maximum atomic E-state index is 13.5. The number of rotatable bonds is 19. The molecule has 1 saturated carbocycles. The van der Waals surface area contributed by atoms with Crippen LogP contribution in [0.3, 0.4) is 0 Å². The summed E-state index contributed by atoms with van der Waals surface area (Å²) >= 11 is 1.46. The molecule has 430 valence electrons. The van der Waals surface area contributed by atoms with Crippen LogP contribution in [-0.4, -0.2) is 204 Å². The Bertz CT molecular complexity index is 2690. The molecule has 23 nitrogen and oxygen atoms in total. The number of fused-ring (bicyclic) bond motifs is 3. The first-order chi connectivity index (χ1) is 37.9. The third kappa shape index (κ3) is 13.2. The van der Waals surface area contributed by atoms with Crippen molar-refractivity contribution in [2.75, 3.05) is 85.5 Å². The number of unbranched alkanes of at least 4 members (excludes halogenated alkanes) is 2. The highest BCUT2D eigenvalue weighted by Gasteiger charge is 2.54. The molecule has 7 N–H and O–H groups in total. The van der Waals surface area contributed by atoms with Gasteiger partial charge < -0.3 is 60.4 Å². The summed E-state index contributed by atoms with van der Waals surface area (Å²) in [7, 11) is 3.02. The summed E-state index contributed by atoms with van der Waals surface area (Å²) in [6, 6.07) is 4.61. The number of ketones is 2. The van der Waals surface area contributed by atoms with Crippen molar-refractivity contribution >= 4 is 64.7 Å². The van der Waals surface area contributed by atoms with E-state index in [9.17, 15) is 58.5 Å². The van der Waals surface area contributed by atoms with Crippen LogP contribution in [0.1, 0.15) is 115 Å². The van der Waals surface area contributed by atoms with Gasteiger partial charge in [0.1, 0.15) is 17.2 Å². The van der Waals surface area contributed by atoms with Crippen LogP contribution in [0.25, 0.3) is 0 Å². The Kier molecular flexibility index (Phi) is 19.4. The number of morpholine rings is 1. The average Bonchev–Trinajstić information content (AvgIpc) is 3.90. The van der Waals surface area contributed by atoms with Crippen LogP contribution >= 0.6 is 11.8 Å². The molecule has 4 aliphatic heterocycles. The number of imide groups is 1. The van der Waals surface area contributed by atoms with Gasteiger partial charge in [0.25, 0.3) is 0 Å². The number of benzene rings is 2. The molecule has 6 atom stereocenters. The van der Waals surface area contributed by atoms with E-state index in [1.807, 2.05) is 6.92 Å². The van der Waals surface area contributed by atoms with Crippen LogP contribution in [0.5, 0.6) is 17.2 Å². The van der Waals surface area contributed by atoms with Crippen LogP contribution in [0.15, 0.2) is 18.2 Å². The van der Waals surface area contributed by atoms with E-state index in [-0.39, 0.29) is 132 Å². The molecule has 5 fully saturated rings. The lowest BCUT2D eigenvalue weighted by atomic mass is 9.60. The molecule has 79 heavy (non-hydrogen) atoms. The van der Waals surface area contributed by atoms with Crippen molar-refractivity contribution in [2.45, 2.75) is 120 Å². The summed E-state index contributed by atoms with van der Waals surface area (Å²) < 4.78 is 21.4. The predicted octanol–water partition coefficient (Wildman–Crippen LogP) is 0.713. The fourth-order valence-corrected chi connectivity index (χ4v) is 12.9. The maximum absolute atomic E-state index is 13.5. The van der Waals surface area contributed by atoms with E-state index < -0.39 is 65.4 Å². The third-order valence-electron chi connectivity index (χ3n) is 16.1. The molecule has 3 aliphatic carbocycles. The molecular weight excluding hydrogens is 1050 g/mol. The molecule has 2 aromatic carbocycles. The summed E-state index contributed by atoms with van der Waals surface area (Å²) in [4.78, 5) is 120. The number of aliphatic hydroxyl groups excluding tert-OH is 1. The number of carbonyl (C=O) groups is 9. The lowest BCUT2D eigenvalue weighted by Gasteiger charge is -2.59. The highest BCUT2D eigenvalue weighted by molar-refractivity contribution is 8.00. The third-order valence-corrected chi connectivity index (χ3v) is 17.4. The summed E-state index contributed by atoms with van der Waals surface area (Å²) in [5.74, 6) is -4.50. The molecule has 2 aromatic rings. The van der Waals surface area contributed by atoms with Crippen molar-refractivity contribution in [2.24, 2.45) is 11.3 Å². The number of carbonyl (C=O) groups excluding carboxylic acids is 9. The predicted molar refractivity (Wildman–Crippen MR) is 284 cm³/mol. The van der Waals surface area contributed by atoms with Crippen LogP contribution in [0.4, 0.5) is 0 Å². The van der Waals surface area contributed by atoms with Crippen LogP contribution in [-0.2, 0) is 60.6 Å². The van der Waals surface area contributed by atoms with Gasteiger partial charge in [0.05, 0.1) is 67.5 Å². The zero-order valence-electron chi connectivity index (χ0n) is 45.2. The number of hydrogen-bond acceptors (Lipinski definition) is 18. The zero-order valence-corrected chi connectivity index (χ0v) is 46.0. The molecule has 0 bridgehead atoms. The van der Waals surface area contributed by atoms with Crippen molar-refractivity contribution in [3.05, 3.63) is 51.6 Å². The monoisotopic (exact) mass is 1120 g/mol. The number of ether oxygens (including phenoxy) is 4. The van der Waals surface area contributed by atoms with Gasteiger partial charge in [-0.1, -0.05) is 31.9 Å². The quantitative estimate of drug-likeness (QED) is 0.0494. The SMILES string of the molecule is CCCCCSC1CC(=O)N(CCC(=O)NCC(=O)NCC(=O)NCC(=O)N2CC3(CC(NC(=O)[C@H]4CCc5c(O)c6c(c(O)c5C4)C(=O)c4cccc(OC)c4C6=O)C3)C2)C1=O.CO[C@@H]1CN(C2CCO[C@@H](C)[C@H]2O)CCO1. The number of phenolic OH excluding ortho intramolecular Hbond substituents is 2. The Morgan fingerprint density at radius 1 is 0.835 bits per heavy atom. The Balaban J connectivity index is 0.000000438. The maximum Gasteiger partial charge on any atom is 0.242 e. The molecule has 2 unspecified atom stereocenters. The zero-order chi connectivity index (χ0) is 56.7. The molecule has 4 heterocycles. The fourth-order valence-electron chi connectivity index (χ4n) is 11.7. The second-order valence-corrected chi connectivity index (χ2v) is 22.7. The topological polar surface area (TPSA) is 309 Å². The summed E-state index contributed by atoms with van der Waals surface area (Å²) in [5.41, 5.74) is -0.00598. The standard InChI is InChI=1S/C44H52N6O12S.C11H21NO4/c1-3-4-5-13-63-29-15-33(54)50(43(29)61)12-11-30(51)45-18-31(52)46-19-32(53)47-20-34(55)49-21-44(22-49)16-24(17-44)48-42(60)23-9-10-25-27(14-23)40(58)36-37(38(25)56)41(59)35-26(39(36)57)7-6-8-28(35)62-2;1-8-11(13)9(3-5-15-8)12-4-6-16-10(7-12)14-2/h6-8,23-24,29,56,58H,3-5,9-22H2,1-2H3,(H,45,51)(H,46,52)(H,47,53)(H,48,60);8-11,13H,3-7H2,1-2H3/t23-,29?;8-,9?,10-,11+/m00/s1. The lowest BCUT2D eigenvalue weighted by Crippen LogP contribution is -2.68. The summed E-state index contributed by atoms with van der Waals surface area (Å²) in [6.07, 6.45) is 5.17. The van der Waals surface area contributed by atoms with E-state index in [0.29, 0.717) is 44.5 Å².